The number of hydrogen-bond donors (Lipinski definition) is 1. The minimum Gasteiger partial charge on any atom is -0.322 e. The van der Waals surface area contributed by atoms with Crippen LogP contribution in [-0.4, -0.2) is 15.7 Å². The van der Waals surface area contributed by atoms with E-state index in [-0.39, 0.29) is 5.91 Å². The Kier molecular flexibility index (Phi) is 3.42. The Morgan fingerprint density at radius 1 is 1.11 bits per heavy atom. The van der Waals surface area contributed by atoms with Crippen molar-refractivity contribution in [3.8, 4) is 0 Å². The number of anilines is 1. The molecule has 0 aliphatic rings. The van der Waals surface area contributed by atoms with Gasteiger partial charge in [-0.15, -0.1) is 0 Å². The van der Waals surface area contributed by atoms with Gasteiger partial charge in [0.05, 0.1) is 11.3 Å². The van der Waals surface area contributed by atoms with Crippen LogP contribution in [0.2, 0.25) is 0 Å². The van der Waals surface area contributed by atoms with E-state index in [1.807, 2.05) is 46.9 Å². The Morgan fingerprint density at radius 3 is 2.16 bits per heavy atom. The van der Waals surface area contributed by atoms with Crippen LogP contribution in [0.15, 0.2) is 18.2 Å². The number of amides is 1. The van der Waals surface area contributed by atoms with Crippen LogP contribution in [0.3, 0.4) is 0 Å². The molecular formula is C15H19N3O. The van der Waals surface area contributed by atoms with Crippen LogP contribution in [0, 0.1) is 27.7 Å². The number of rotatable bonds is 2. The molecule has 2 rings (SSSR count). The van der Waals surface area contributed by atoms with Crippen molar-refractivity contribution in [3.63, 3.8) is 0 Å². The van der Waals surface area contributed by atoms with Crippen molar-refractivity contribution in [1.82, 2.24) is 9.78 Å². The molecule has 0 aliphatic heterocycles. The first-order valence-corrected chi connectivity index (χ1v) is 6.28. The van der Waals surface area contributed by atoms with Crippen LogP contribution in [0.5, 0.6) is 0 Å². The normalized spacial score (nSPS) is 10.6. The lowest BCUT2D eigenvalue weighted by molar-refractivity contribution is 0.102. The predicted molar refractivity (Wildman–Crippen MR) is 76.6 cm³/mol. The fourth-order valence-corrected chi connectivity index (χ4v) is 2.34. The third-order valence-corrected chi connectivity index (χ3v) is 3.22. The van der Waals surface area contributed by atoms with Gasteiger partial charge in [0.1, 0.15) is 0 Å². The molecule has 0 unspecified atom stereocenters. The summed E-state index contributed by atoms with van der Waals surface area (Å²) in [5.74, 6) is -0.104. The zero-order valence-corrected chi connectivity index (χ0v) is 12.0. The molecule has 1 aromatic carbocycles. The summed E-state index contributed by atoms with van der Waals surface area (Å²) in [6.07, 6.45) is 0. The van der Waals surface area contributed by atoms with E-state index >= 15 is 0 Å². The van der Waals surface area contributed by atoms with Gasteiger partial charge in [-0.05, 0) is 51.0 Å². The number of benzene rings is 1. The molecule has 0 fully saturated rings. The van der Waals surface area contributed by atoms with E-state index in [0.29, 0.717) is 5.56 Å². The fraction of sp³-hybridized carbons (Fsp3) is 0.333. The van der Waals surface area contributed by atoms with Gasteiger partial charge < -0.3 is 5.32 Å². The van der Waals surface area contributed by atoms with Gasteiger partial charge in [0.25, 0.3) is 5.91 Å². The van der Waals surface area contributed by atoms with Crippen molar-refractivity contribution in [2.75, 3.05) is 5.32 Å². The van der Waals surface area contributed by atoms with Gasteiger partial charge in [0.15, 0.2) is 0 Å². The molecule has 100 valence electrons. The maximum absolute atomic E-state index is 12.3. The minimum absolute atomic E-state index is 0.104. The van der Waals surface area contributed by atoms with Crippen molar-refractivity contribution < 1.29 is 4.79 Å². The molecule has 4 heteroatoms. The summed E-state index contributed by atoms with van der Waals surface area (Å²) in [6, 6.07) is 6.01. The number of aryl methyl sites for hydroxylation is 4. The number of nitrogens with one attached hydrogen (secondary N) is 1. The molecular weight excluding hydrogens is 238 g/mol. The Bertz CT molecular complexity index is 621. The van der Waals surface area contributed by atoms with Gasteiger partial charge in [-0.1, -0.05) is 6.07 Å². The first-order chi connectivity index (χ1) is 8.88. The second-order valence-electron chi connectivity index (χ2n) is 5.00. The summed E-state index contributed by atoms with van der Waals surface area (Å²) in [6.45, 7) is 7.78. The second kappa shape index (κ2) is 4.88. The van der Waals surface area contributed by atoms with Crippen molar-refractivity contribution in [2.45, 2.75) is 27.7 Å². The zero-order valence-electron chi connectivity index (χ0n) is 12.0. The average molecular weight is 257 g/mol. The number of carbonyl (C=O) groups is 1. The summed E-state index contributed by atoms with van der Waals surface area (Å²) in [7, 11) is 1.84. The largest absolute Gasteiger partial charge is 0.322 e. The van der Waals surface area contributed by atoms with Crippen LogP contribution >= 0.6 is 0 Å². The van der Waals surface area contributed by atoms with Crippen LogP contribution in [0.1, 0.15) is 32.9 Å². The summed E-state index contributed by atoms with van der Waals surface area (Å²) in [4.78, 5) is 12.3. The predicted octanol–water partition coefficient (Wildman–Crippen LogP) is 2.91. The molecule has 19 heavy (non-hydrogen) atoms. The van der Waals surface area contributed by atoms with E-state index in [4.69, 9.17) is 0 Å². The van der Waals surface area contributed by atoms with Gasteiger partial charge in [-0.2, -0.15) is 5.10 Å². The van der Waals surface area contributed by atoms with Gasteiger partial charge in [-0.25, -0.2) is 0 Å². The average Bonchev–Trinajstić information content (AvgIpc) is 2.51. The van der Waals surface area contributed by atoms with Gasteiger partial charge >= 0.3 is 0 Å². The van der Waals surface area contributed by atoms with E-state index < -0.39 is 0 Å². The van der Waals surface area contributed by atoms with Crippen LogP contribution < -0.4 is 5.32 Å². The maximum Gasteiger partial charge on any atom is 0.259 e. The van der Waals surface area contributed by atoms with Crippen molar-refractivity contribution in [1.29, 1.82) is 0 Å². The van der Waals surface area contributed by atoms with Gasteiger partial charge in [-0.3, -0.25) is 9.48 Å². The first-order valence-electron chi connectivity index (χ1n) is 6.28. The lowest BCUT2D eigenvalue weighted by Crippen LogP contribution is -2.14. The Balaban J connectivity index is 2.30. The van der Waals surface area contributed by atoms with Crippen LogP contribution in [-0.2, 0) is 7.05 Å². The lowest BCUT2D eigenvalue weighted by Gasteiger charge is -2.08. The molecule has 1 heterocycles. The summed E-state index contributed by atoms with van der Waals surface area (Å²) < 4.78 is 1.73. The first kappa shape index (κ1) is 13.3. The van der Waals surface area contributed by atoms with E-state index in [9.17, 15) is 4.79 Å². The van der Waals surface area contributed by atoms with E-state index in [1.54, 1.807) is 4.68 Å². The maximum atomic E-state index is 12.3. The molecule has 4 nitrogen and oxygen atoms in total. The topological polar surface area (TPSA) is 46.9 Å². The molecule has 0 bridgehead atoms. The highest BCUT2D eigenvalue weighted by Crippen LogP contribution is 2.17. The number of hydrogen-bond acceptors (Lipinski definition) is 2. The lowest BCUT2D eigenvalue weighted by atomic mass is 10.1. The van der Waals surface area contributed by atoms with Crippen molar-refractivity contribution >= 4 is 11.6 Å². The highest BCUT2D eigenvalue weighted by atomic mass is 16.1. The third-order valence-electron chi connectivity index (χ3n) is 3.22. The van der Waals surface area contributed by atoms with E-state index in [1.165, 1.54) is 0 Å². The smallest absolute Gasteiger partial charge is 0.259 e. The monoisotopic (exact) mass is 257 g/mol. The van der Waals surface area contributed by atoms with Crippen molar-refractivity contribution in [3.05, 3.63) is 46.3 Å². The number of nitrogens with zero attached hydrogens (tertiary/aromatic N) is 2. The Morgan fingerprint density at radius 2 is 1.68 bits per heavy atom. The summed E-state index contributed by atoms with van der Waals surface area (Å²) in [5.41, 5.74) is 5.37. The zero-order chi connectivity index (χ0) is 14.2. The highest BCUT2D eigenvalue weighted by Gasteiger charge is 2.17. The summed E-state index contributed by atoms with van der Waals surface area (Å²) >= 11 is 0. The molecule has 2 aromatic rings. The highest BCUT2D eigenvalue weighted by molar-refractivity contribution is 6.05. The van der Waals surface area contributed by atoms with E-state index in [2.05, 4.69) is 16.5 Å². The molecule has 0 spiro atoms. The molecule has 1 amide bonds. The quantitative estimate of drug-likeness (QED) is 0.899. The summed E-state index contributed by atoms with van der Waals surface area (Å²) in [5, 5.41) is 7.21. The number of aromatic nitrogens is 2. The molecule has 0 saturated heterocycles. The Labute approximate surface area is 113 Å². The number of carbonyl (C=O) groups excluding carboxylic acids is 1. The van der Waals surface area contributed by atoms with E-state index in [0.717, 1.165) is 28.2 Å². The molecule has 0 saturated carbocycles. The Hall–Kier alpha value is -2.10. The standard InChI is InChI=1S/C15H19N3O/c1-9-6-10(2)8-13(7-9)16-15(19)14-11(3)17-18(5)12(14)4/h6-8H,1-5H3,(H,16,19). The molecule has 0 atom stereocenters. The molecule has 1 N–H and O–H groups in total. The fourth-order valence-electron chi connectivity index (χ4n) is 2.34. The molecule has 0 aliphatic carbocycles. The second-order valence-corrected chi connectivity index (χ2v) is 5.00. The molecule has 0 radical (unpaired) electrons. The SMILES string of the molecule is Cc1cc(C)cc(NC(=O)c2c(C)nn(C)c2C)c1. The van der Waals surface area contributed by atoms with Crippen LogP contribution in [0.25, 0.3) is 0 Å². The van der Waals surface area contributed by atoms with Gasteiger partial charge in [0.2, 0.25) is 0 Å². The minimum atomic E-state index is -0.104. The molecule has 1 aromatic heterocycles. The third kappa shape index (κ3) is 2.67. The van der Waals surface area contributed by atoms with Gasteiger partial charge in [0, 0.05) is 18.4 Å². The van der Waals surface area contributed by atoms with Crippen molar-refractivity contribution in [2.24, 2.45) is 7.05 Å². The van der Waals surface area contributed by atoms with Crippen LogP contribution in [0.4, 0.5) is 5.69 Å².